The van der Waals surface area contributed by atoms with Gasteiger partial charge in [0.05, 0.1) is 0 Å². The smallest absolute Gasteiger partial charge is 0.323 e. The molecule has 1 fully saturated rings. The van der Waals surface area contributed by atoms with Crippen molar-refractivity contribution >= 4 is 5.97 Å². The van der Waals surface area contributed by atoms with Crippen molar-refractivity contribution in [1.29, 1.82) is 0 Å². The van der Waals surface area contributed by atoms with Gasteiger partial charge in [0.2, 0.25) is 0 Å². The molecule has 19 heavy (non-hydrogen) atoms. The molecule has 112 valence electrons. The maximum absolute atomic E-state index is 11.1. The Bertz CT molecular complexity index is 298. The number of nitrogens with two attached hydrogens (primary N) is 1. The molecule has 0 aromatic carbocycles. The van der Waals surface area contributed by atoms with Gasteiger partial charge < -0.3 is 20.6 Å². The fraction of sp³-hybridized carbons (Fsp3) is 0.929. The van der Waals surface area contributed by atoms with Crippen molar-refractivity contribution in [3.8, 4) is 0 Å². The molecular weight excluding hydrogens is 242 g/mol. The van der Waals surface area contributed by atoms with Crippen LogP contribution in [0.15, 0.2) is 0 Å². The normalized spacial score (nSPS) is 23.7. The van der Waals surface area contributed by atoms with Crippen molar-refractivity contribution in [2.45, 2.75) is 50.6 Å². The second-order valence-electron chi connectivity index (χ2n) is 5.96. The van der Waals surface area contributed by atoms with E-state index in [-0.39, 0.29) is 0 Å². The highest BCUT2D eigenvalue weighted by Crippen LogP contribution is 2.17. The summed E-state index contributed by atoms with van der Waals surface area (Å²) in [7, 11) is 4.29. The molecule has 0 amide bonds. The summed E-state index contributed by atoms with van der Waals surface area (Å²) in [6.45, 7) is 5.01. The third kappa shape index (κ3) is 4.75. The molecule has 1 aliphatic rings. The van der Waals surface area contributed by atoms with Gasteiger partial charge in [-0.05, 0) is 59.3 Å². The highest BCUT2D eigenvalue weighted by molar-refractivity contribution is 5.78. The second kappa shape index (κ2) is 7.22. The van der Waals surface area contributed by atoms with Crippen molar-refractivity contribution in [2.24, 2.45) is 5.73 Å². The quantitative estimate of drug-likeness (QED) is 0.689. The van der Waals surface area contributed by atoms with E-state index in [0.29, 0.717) is 18.9 Å². The van der Waals surface area contributed by atoms with Gasteiger partial charge in [-0.25, -0.2) is 0 Å². The van der Waals surface area contributed by atoms with Crippen molar-refractivity contribution < 1.29 is 9.90 Å². The third-order valence-electron chi connectivity index (χ3n) is 4.41. The van der Waals surface area contributed by atoms with Crippen LogP contribution in [0.25, 0.3) is 0 Å². The van der Waals surface area contributed by atoms with E-state index in [4.69, 9.17) is 10.8 Å². The molecule has 1 saturated heterocycles. The molecule has 1 rings (SSSR count). The van der Waals surface area contributed by atoms with Crippen LogP contribution in [0.1, 0.15) is 39.0 Å². The number of carboxylic acids is 1. The first-order valence-electron chi connectivity index (χ1n) is 7.30. The van der Waals surface area contributed by atoms with E-state index in [0.717, 1.165) is 19.5 Å². The topological polar surface area (TPSA) is 69.8 Å². The molecule has 5 heteroatoms. The number of likely N-dealkylation sites (N-methyl/N-ethyl adjacent to an activating group) is 2. The highest BCUT2D eigenvalue weighted by Gasteiger charge is 2.31. The van der Waals surface area contributed by atoms with Crippen molar-refractivity contribution in [3.63, 3.8) is 0 Å². The number of hydrogen-bond donors (Lipinski definition) is 2. The van der Waals surface area contributed by atoms with Gasteiger partial charge in [0.1, 0.15) is 5.54 Å². The van der Waals surface area contributed by atoms with Gasteiger partial charge >= 0.3 is 5.97 Å². The first-order valence-corrected chi connectivity index (χ1v) is 7.30. The van der Waals surface area contributed by atoms with Crippen LogP contribution in [0.2, 0.25) is 0 Å². The molecule has 0 aromatic rings. The fourth-order valence-corrected chi connectivity index (χ4v) is 2.76. The maximum atomic E-state index is 11.1. The van der Waals surface area contributed by atoms with E-state index < -0.39 is 11.5 Å². The lowest BCUT2D eigenvalue weighted by Crippen LogP contribution is -2.47. The Morgan fingerprint density at radius 1 is 1.58 bits per heavy atom. The average Bonchev–Trinajstić information content (AvgIpc) is 2.74. The number of nitrogens with zero attached hydrogens (tertiary/aromatic N) is 2. The van der Waals surface area contributed by atoms with Crippen molar-refractivity contribution in [1.82, 2.24) is 9.80 Å². The van der Waals surface area contributed by atoms with Gasteiger partial charge in [-0.1, -0.05) is 6.92 Å². The van der Waals surface area contributed by atoms with E-state index in [9.17, 15) is 4.79 Å². The van der Waals surface area contributed by atoms with Gasteiger partial charge in [0.25, 0.3) is 0 Å². The predicted molar refractivity (Wildman–Crippen MR) is 77.2 cm³/mol. The molecule has 0 aromatic heterocycles. The zero-order valence-electron chi connectivity index (χ0n) is 12.6. The Labute approximate surface area is 116 Å². The number of rotatable bonds is 8. The largest absolute Gasteiger partial charge is 0.480 e. The molecule has 5 nitrogen and oxygen atoms in total. The summed E-state index contributed by atoms with van der Waals surface area (Å²) in [4.78, 5) is 15.8. The lowest BCUT2D eigenvalue weighted by atomic mass is 9.92. The maximum Gasteiger partial charge on any atom is 0.323 e. The van der Waals surface area contributed by atoms with Crippen LogP contribution in [0.5, 0.6) is 0 Å². The third-order valence-corrected chi connectivity index (χ3v) is 4.41. The van der Waals surface area contributed by atoms with Crippen molar-refractivity contribution in [3.05, 3.63) is 0 Å². The van der Waals surface area contributed by atoms with Crippen LogP contribution in [0, 0.1) is 0 Å². The Hall–Kier alpha value is -0.650. The first kappa shape index (κ1) is 16.4. The number of likely N-dealkylation sites (tertiary alicyclic amines) is 1. The standard InChI is InChI=1S/C14H29N3O2/c1-4-14(15,13(18)19)8-6-9-16(2)11-12-7-5-10-17(12)3/h12H,4-11,15H2,1-3H3,(H,18,19). The van der Waals surface area contributed by atoms with E-state index in [1.807, 2.05) is 6.92 Å². The molecule has 0 aliphatic carbocycles. The minimum absolute atomic E-state index is 0.484. The van der Waals surface area contributed by atoms with Crippen LogP contribution < -0.4 is 5.73 Å². The Morgan fingerprint density at radius 2 is 2.26 bits per heavy atom. The van der Waals surface area contributed by atoms with Crippen LogP contribution in [-0.2, 0) is 4.79 Å². The predicted octanol–water partition coefficient (Wildman–Crippen LogP) is 0.985. The summed E-state index contributed by atoms with van der Waals surface area (Å²) in [5.41, 5.74) is 4.84. The summed E-state index contributed by atoms with van der Waals surface area (Å²) in [6.07, 6.45) is 4.42. The van der Waals surface area contributed by atoms with Crippen LogP contribution in [-0.4, -0.2) is 66.2 Å². The highest BCUT2D eigenvalue weighted by atomic mass is 16.4. The van der Waals surface area contributed by atoms with Gasteiger partial charge in [-0.15, -0.1) is 0 Å². The number of hydrogen-bond acceptors (Lipinski definition) is 4. The number of carbonyl (C=O) groups is 1. The first-order chi connectivity index (χ1) is 8.89. The average molecular weight is 271 g/mol. The van der Waals surface area contributed by atoms with E-state index >= 15 is 0 Å². The van der Waals surface area contributed by atoms with E-state index in [1.54, 1.807) is 0 Å². The monoisotopic (exact) mass is 271 g/mol. The van der Waals surface area contributed by atoms with Gasteiger partial charge in [0.15, 0.2) is 0 Å². The number of carboxylic acid groups (broad SMARTS) is 1. The Kier molecular flexibility index (Phi) is 6.23. The fourth-order valence-electron chi connectivity index (χ4n) is 2.76. The molecule has 0 bridgehead atoms. The van der Waals surface area contributed by atoms with Crippen molar-refractivity contribution in [2.75, 3.05) is 33.7 Å². The second-order valence-corrected chi connectivity index (χ2v) is 5.96. The summed E-state index contributed by atoms with van der Waals surface area (Å²) in [5.74, 6) is -0.881. The van der Waals surface area contributed by atoms with Gasteiger partial charge in [0, 0.05) is 12.6 Å². The number of aliphatic carboxylic acids is 1. The molecule has 2 unspecified atom stereocenters. The summed E-state index contributed by atoms with van der Waals surface area (Å²) in [6, 6.07) is 0.651. The summed E-state index contributed by atoms with van der Waals surface area (Å²) in [5, 5.41) is 9.12. The minimum atomic E-state index is -1.05. The van der Waals surface area contributed by atoms with Crippen LogP contribution in [0.3, 0.4) is 0 Å². The molecule has 2 atom stereocenters. The molecule has 1 heterocycles. The van der Waals surface area contributed by atoms with E-state index in [1.165, 1.54) is 19.4 Å². The lowest BCUT2D eigenvalue weighted by molar-refractivity contribution is -0.143. The lowest BCUT2D eigenvalue weighted by Gasteiger charge is -2.27. The zero-order valence-corrected chi connectivity index (χ0v) is 12.6. The molecule has 0 radical (unpaired) electrons. The summed E-state index contributed by atoms with van der Waals surface area (Å²) >= 11 is 0. The SMILES string of the molecule is CCC(N)(CCCN(C)CC1CCCN1C)C(=O)O. The Balaban J connectivity index is 2.26. The molecule has 0 saturated carbocycles. The molecule has 0 spiro atoms. The molecular formula is C14H29N3O2. The van der Waals surface area contributed by atoms with Gasteiger partial charge in [-0.3, -0.25) is 4.79 Å². The minimum Gasteiger partial charge on any atom is -0.480 e. The van der Waals surface area contributed by atoms with Crippen LogP contribution >= 0.6 is 0 Å². The zero-order chi connectivity index (χ0) is 14.5. The van der Waals surface area contributed by atoms with Gasteiger partial charge in [-0.2, -0.15) is 0 Å². The Morgan fingerprint density at radius 3 is 2.74 bits per heavy atom. The molecule has 1 aliphatic heterocycles. The summed E-state index contributed by atoms with van der Waals surface area (Å²) < 4.78 is 0. The van der Waals surface area contributed by atoms with Crippen LogP contribution in [0.4, 0.5) is 0 Å². The van der Waals surface area contributed by atoms with E-state index in [2.05, 4.69) is 23.9 Å². The molecule has 3 N–H and O–H groups in total.